The Morgan fingerprint density at radius 3 is 2.07 bits per heavy atom. The van der Waals surface area contributed by atoms with E-state index in [-0.39, 0.29) is 43.0 Å². The van der Waals surface area contributed by atoms with Gasteiger partial charge in [0.15, 0.2) is 0 Å². The van der Waals surface area contributed by atoms with Gasteiger partial charge in [-0.1, -0.05) is 21.6 Å². The van der Waals surface area contributed by atoms with Crippen LogP contribution in [0.4, 0.5) is 13.2 Å². The molecule has 0 atom stereocenters. The van der Waals surface area contributed by atoms with E-state index in [4.69, 9.17) is 14.6 Å². The third-order valence-corrected chi connectivity index (χ3v) is 5.92. The molecule has 0 rings (SSSR count). The van der Waals surface area contributed by atoms with Gasteiger partial charge in [-0.2, -0.15) is 13.2 Å². The second-order valence-electron chi connectivity index (χ2n) is 5.92. The molecule has 0 aromatic rings. The Morgan fingerprint density at radius 2 is 1.56 bits per heavy atom. The van der Waals surface area contributed by atoms with Crippen LogP contribution in [0.3, 0.4) is 0 Å². The van der Waals surface area contributed by atoms with Crippen LogP contribution >= 0.6 is 21.6 Å². The van der Waals surface area contributed by atoms with Gasteiger partial charge in [-0.3, -0.25) is 9.59 Å². The van der Waals surface area contributed by atoms with Gasteiger partial charge in [0.1, 0.15) is 0 Å². The molecule has 0 unspecified atom stereocenters. The maximum absolute atomic E-state index is 11.9. The first-order valence-corrected chi connectivity index (χ1v) is 10.6. The summed E-state index contributed by atoms with van der Waals surface area (Å²) in [6.45, 7) is 4.76. The van der Waals surface area contributed by atoms with Crippen LogP contribution in [0, 0.1) is 0 Å². The van der Waals surface area contributed by atoms with Crippen molar-refractivity contribution in [2.24, 2.45) is 0 Å². The quantitative estimate of drug-likeness (QED) is 0.204. The largest absolute Gasteiger partial charge is 0.471 e. The summed E-state index contributed by atoms with van der Waals surface area (Å²) in [6.07, 6.45) is -3.84. The van der Waals surface area contributed by atoms with Gasteiger partial charge in [0.25, 0.3) is 0 Å². The van der Waals surface area contributed by atoms with Crippen LogP contribution in [0.5, 0.6) is 0 Å². The lowest BCUT2D eigenvalue weighted by molar-refractivity contribution is -0.173. The predicted molar refractivity (Wildman–Crippen MR) is 99.3 cm³/mol. The number of amides is 2. The molecule has 160 valence electrons. The maximum Gasteiger partial charge on any atom is 0.471 e. The molecule has 27 heavy (non-hydrogen) atoms. The molecule has 0 fully saturated rings. The van der Waals surface area contributed by atoms with Crippen LogP contribution < -0.4 is 10.6 Å². The number of nitrogens with one attached hydrogen (secondary N) is 2. The molecule has 0 radical (unpaired) electrons. The van der Waals surface area contributed by atoms with Crippen LogP contribution in [0.15, 0.2) is 0 Å². The number of hydrogen-bond donors (Lipinski definition) is 3. The monoisotopic (exact) mass is 436 g/mol. The molecule has 0 heterocycles. The van der Waals surface area contributed by atoms with E-state index in [1.54, 1.807) is 5.32 Å². The lowest BCUT2D eigenvalue weighted by Gasteiger charge is -2.22. The first-order chi connectivity index (χ1) is 12.6. The standard InChI is InChI=1S/C15H27F3N2O5S2/c1-14(2,27-26-11-21)4-3-12(22)19-5-7-24-9-10-25-8-6-20-13(23)15(16,17)18/h21H,3-11H2,1-2H3,(H,19,22)(H,20,23). The first-order valence-electron chi connectivity index (χ1n) is 8.27. The Balaban J connectivity index is 3.49. The number of rotatable bonds is 15. The van der Waals surface area contributed by atoms with E-state index in [0.717, 1.165) is 0 Å². The van der Waals surface area contributed by atoms with Gasteiger partial charge in [-0.05, 0) is 20.3 Å². The molecule has 12 heteroatoms. The van der Waals surface area contributed by atoms with Crippen molar-refractivity contribution in [2.75, 3.05) is 45.5 Å². The van der Waals surface area contributed by atoms with Gasteiger partial charge in [-0.25, -0.2) is 0 Å². The Labute approximate surface area is 164 Å². The Morgan fingerprint density at radius 1 is 1.00 bits per heavy atom. The zero-order valence-electron chi connectivity index (χ0n) is 15.4. The Hall–Kier alpha value is -0.690. The lowest BCUT2D eigenvalue weighted by Crippen LogP contribution is -2.38. The number of alkyl halides is 3. The third-order valence-electron chi connectivity index (χ3n) is 3.02. The van der Waals surface area contributed by atoms with Crippen LogP contribution in [0.1, 0.15) is 26.7 Å². The molecule has 0 aromatic heterocycles. The van der Waals surface area contributed by atoms with E-state index in [0.29, 0.717) is 26.0 Å². The van der Waals surface area contributed by atoms with Gasteiger partial charge in [0.2, 0.25) is 5.91 Å². The van der Waals surface area contributed by atoms with Crippen molar-refractivity contribution in [2.45, 2.75) is 37.6 Å². The summed E-state index contributed by atoms with van der Waals surface area (Å²) in [5.41, 5.74) is 0. The SMILES string of the molecule is CC(C)(CCC(=O)NCCOCCOCCNC(=O)C(F)(F)F)SSCO. The fraction of sp³-hybridized carbons (Fsp3) is 0.867. The lowest BCUT2D eigenvalue weighted by atomic mass is 10.1. The molecule has 0 bridgehead atoms. The molecule has 0 saturated carbocycles. The molecule has 7 nitrogen and oxygen atoms in total. The van der Waals surface area contributed by atoms with Gasteiger partial charge in [-0.15, -0.1) is 0 Å². The number of carbonyl (C=O) groups is 2. The number of carbonyl (C=O) groups excluding carboxylic acids is 2. The first kappa shape index (κ1) is 26.3. The Kier molecular flexibility index (Phi) is 14.0. The highest BCUT2D eigenvalue weighted by molar-refractivity contribution is 8.77. The number of hydrogen-bond acceptors (Lipinski definition) is 7. The highest BCUT2D eigenvalue weighted by atomic mass is 33.1. The van der Waals surface area contributed by atoms with Gasteiger partial charge in [0, 0.05) is 24.3 Å². The summed E-state index contributed by atoms with van der Waals surface area (Å²) in [4.78, 5) is 22.2. The minimum absolute atomic E-state index is 0.0313. The van der Waals surface area contributed by atoms with E-state index in [9.17, 15) is 22.8 Å². The minimum atomic E-state index is -4.89. The minimum Gasteiger partial charge on any atom is -0.385 e. The summed E-state index contributed by atoms with van der Waals surface area (Å²) >= 11 is 0. The molecule has 0 aliphatic carbocycles. The van der Waals surface area contributed by atoms with E-state index < -0.39 is 12.1 Å². The molecule has 3 N–H and O–H groups in total. The van der Waals surface area contributed by atoms with Crippen LogP contribution in [0.2, 0.25) is 0 Å². The van der Waals surface area contributed by atoms with Crippen molar-refractivity contribution >= 4 is 33.4 Å². The van der Waals surface area contributed by atoms with Crippen molar-refractivity contribution < 1.29 is 37.3 Å². The average molecular weight is 437 g/mol. The second-order valence-corrected chi connectivity index (χ2v) is 8.89. The van der Waals surface area contributed by atoms with E-state index in [1.807, 2.05) is 13.8 Å². The maximum atomic E-state index is 11.9. The average Bonchev–Trinajstić information content (AvgIpc) is 2.59. The molecule has 0 aliphatic rings. The number of ether oxygens (including phenoxy) is 2. The molecular weight excluding hydrogens is 409 g/mol. The zero-order chi connectivity index (χ0) is 20.8. The normalized spacial score (nSPS) is 12.1. The van der Waals surface area contributed by atoms with Crippen molar-refractivity contribution in [3.63, 3.8) is 0 Å². The van der Waals surface area contributed by atoms with Crippen LogP contribution in [-0.2, 0) is 19.1 Å². The van der Waals surface area contributed by atoms with Crippen molar-refractivity contribution in [3.05, 3.63) is 0 Å². The number of aliphatic hydroxyl groups is 1. The highest BCUT2D eigenvalue weighted by Crippen LogP contribution is 2.38. The zero-order valence-corrected chi connectivity index (χ0v) is 17.0. The molecule has 0 aliphatic heterocycles. The second kappa shape index (κ2) is 14.3. The topological polar surface area (TPSA) is 96.9 Å². The summed E-state index contributed by atoms with van der Waals surface area (Å²) < 4.78 is 45.8. The molecular formula is C15H27F3N2O5S2. The summed E-state index contributed by atoms with van der Waals surface area (Å²) in [6, 6.07) is 0. The smallest absolute Gasteiger partial charge is 0.385 e. The summed E-state index contributed by atoms with van der Waals surface area (Å²) in [5.74, 6) is -2.05. The predicted octanol–water partition coefficient (Wildman–Crippen LogP) is 1.70. The molecule has 0 aromatic carbocycles. The highest BCUT2D eigenvalue weighted by Gasteiger charge is 2.38. The van der Waals surface area contributed by atoms with Crippen LogP contribution in [0.25, 0.3) is 0 Å². The fourth-order valence-corrected chi connectivity index (χ4v) is 3.57. The van der Waals surface area contributed by atoms with Crippen molar-refractivity contribution in [1.82, 2.24) is 10.6 Å². The van der Waals surface area contributed by atoms with E-state index in [1.165, 1.54) is 21.6 Å². The number of halogens is 3. The van der Waals surface area contributed by atoms with E-state index in [2.05, 4.69) is 5.32 Å². The third kappa shape index (κ3) is 16.0. The van der Waals surface area contributed by atoms with Crippen LogP contribution in [-0.4, -0.2) is 73.3 Å². The van der Waals surface area contributed by atoms with Crippen molar-refractivity contribution in [3.8, 4) is 0 Å². The fourth-order valence-electron chi connectivity index (χ4n) is 1.65. The van der Waals surface area contributed by atoms with E-state index >= 15 is 0 Å². The van der Waals surface area contributed by atoms with Gasteiger partial charge in [0.05, 0.1) is 32.4 Å². The van der Waals surface area contributed by atoms with Gasteiger partial charge >= 0.3 is 12.1 Å². The summed E-state index contributed by atoms with van der Waals surface area (Å²) in [5, 5.41) is 13.2. The number of aliphatic hydroxyl groups excluding tert-OH is 1. The molecule has 2 amide bonds. The van der Waals surface area contributed by atoms with Gasteiger partial charge < -0.3 is 25.2 Å². The molecule has 0 saturated heterocycles. The Bertz CT molecular complexity index is 440. The van der Waals surface area contributed by atoms with Crippen molar-refractivity contribution in [1.29, 1.82) is 0 Å². The summed E-state index contributed by atoms with van der Waals surface area (Å²) in [7, 11) is 2.88. The molecule has 0 spiro atoms.